The molecule has 0 saturated carbocycles. The fraction of sp³-hybridized carbons (Fsp3) is 0.182. The second-order valence-electron chi connectivity index (χ2n) is 3.74. The largest absolute Gasteiger partial charge is 0.467 e. The lowest BCUT2D eigenvalue weighted by Crippen LogP contribution is -2.04. The Labute approximate surface area is 113 Å². The number of nitro benzene ring substituents is 1. The Morgan fingerprint density at radius 2 is 1.95 bits per heavy atom. The van der Waals surface area contributed by atoms with E-state index in [9.17, 15) is 10.1 Å². The molecule has 0 aliphatic rings. The standard InChI is InChI=1S/C11H11N5O4/c1-6-4-3-5-7(8(6)16(17)18)20-11-14-9(12)13-10(15-11)19-2/h3-5H,1-2H3,(H2,12,13,14,15). The van der Waals surface area contributed by atoms with Crippen molar-refractivity contribution in [1.29, 1.82) is 0 Å². The third-order valence-corrected chi connectivity index (χ3v) is 2.38. The minimum absolute atomic E-state index is 0.0163. The van der Waals surface area contributed by atoms with Gasteiger partial charge in [0.05, 0.1) is 12.0 Å². The van der Waals surface area contributed by atoms with Crippen LogP contribution in [0.2, 0.25) is 0 Å². The number of hydrogen-bond acceptors (Lipinski definition) is 8. The van der Waals surface area contributed by atoms with Gasteiger partial charge in [-0.2, -0.15) is 9.97 Å². The molecule has 1 aromatic heterocycles. The van der Waals surface area contributed by atoms with Crippen LogP contribution in [-0.4, -0.2) is 27.0 Å². The minimum atomic E-state index is -0.535. The van der Waals surface area contributed by atoms with Gasteiger partial charge in [-0.1, -0.05) is 12.1 Å². The molecule has 0 unspecified atom stereocenters. The number of nitro groups is 1. The topological polar surface area (TPSA) is 126 Å². The van der Waals surface area contributed by atoms with E-state index in [2.05, 4.69) is 15.0 Å². The van der Waals surface area contributed by atoms with Gasteiger partial charge in [-0.3, -0.25) is 10.1 Å². The zero-order valence-electron chi connectivity index (χ0n) is 10.7. The van der Waals surface area contributed by atoms with Crippen LogP contribution in [0.4, 0.5) is 11.6 Å². The molecule has 0 aliphatic heterocycles. The van der Waals surface area contributed by atoms with Crippen molar-refractivity contribution in [2.75, 3.05) is 12.8 Å². The lowest BCUT2D eigenvalue weighted by atomic mass is 10.2. The Morgan fingerprint density at radius 1 is 1.25 bits per heavy atom. The third kappa shape index (κ3) is 2.71. The first-order valence-corrected chi connectivity index (χ1v) is 5.48. The van der Waals surface area contributed by atoms with Crippen LogP contribution in [0.15, 0.2) is 18.2 Å². The maximum Gasteiger partial charge on any atom is 0.330 e. The average molecular weight is 277 g/mol. The first-order chi connectivity index (χ1) is 9.51. The average Bonchev–Trinajstić information content (AvgIpc) is 2.37. The number of ether oxygens (including phenoxy) is 2. The quantitative estimate of drug-likeness (QED) is 0.657. The van der Waals surface area contributed by atoms with E-state index >= 15 is 0 Å². The Morgan fingerprint density at radius 3 is 2.60 bits per heavy atom. The fourth-order valence-corrected chi connectivity index (χ4v) is 1.54. The Balaban J connectivity index is 2.42. The number of para-hydroxylation sites is 1. The smallest absolute Gasteiger partial charge is 0.330 e. The van der Waals surface area contributed by atoms with Crippen LogP contribution in [0.5, 0.6) is 17.8 Å². The number of anilines is 1. The number of aromatic nitrogens is 3. The molecule has 2 rings (SSSR count). The molecule has 9 nitrogen and oxygen atoms in total. The van der Waals surface area contributed by atoms with Gasteiger partial charge in [0.15, 0.2) is 0 Å². The number of methoxy groups -OCH3 is 1. The number of nitrogen functional groups attached to an aromatic ring is 1. The summed E-state index contributed by atoms with van der Waals surface area (Å²) in [6.45, 7) is 1.60. The van der Waals surface area contributed by atoms with Crippen molar-refractivity contribution < 1.29 is 14.4 Å². The first kappa shape index (κ1) is 13.5. The lowest BCUT2D eigenvalue weighted by molar-refractivity contribution is -0.386. The number of hydrogen-bond donors (Lipinski definition) is 1. The Hall–Kier alpha value is -2.97. The molecule has 2 N–H and O–H groups in total. The van der Waals surface area contributed by atoms with E-state index in [4.69, 9.17) is 15.2 Å². The van der Waals surface area contributed by atoms with Gasteiger partial charge >= 0.3 is 17.7 Å². The van der Waals surface area contributed by atoms with Crippen LogP contribution in [0.1, 0.15) is 5.56 Å². The first-order valence-electron chi connectivity index (χ1n) is 5.48. The highest BCUT2D eigenvalue weighted by molar-refractivity contribution is 5.53. The molecule has 0 fully saturated rings. The molecule has 0 saturated heterocycles. The highest BCUT2D eigenvalue weighted by atomic mass is 16.6. The van der Waals surface area contributed by atoms with Crippen molar-refractivity contribution in [2.45, 2.75) is 6.92 Å². The van der Waals surface area contributed by atoms with E-state index in [1.165, 1.54) is 13.2 Å². The van der Waals surface area contributed by atoms with Gasteiger partial charge in [0, 0.05) is 5.56 Å². The predicted octanol–water partition coefficient (Wildman–Crippen LogP) is 1.47. The number of nitrogens with zero attached hydrogens (tertiary/aromatic N) is 4. The summed E-state index contributed by atoms with van der Waals surface area (Å²) in [5, 5.41) is 11.0. The third-order valence-electron chi connectivity index (χ3n) is 2.38. The van der Waals surface area contributed by atoms with E-state index in [1.54, 1.807) is 19.1 Å². The summed E-state index contributed by atoms with van der Waals surface area (Å²) in [6.07, 6.45) is 0. The summed E-state index contributed by atoms with van der Waals surface area (Å²) in [7, 11) is 1.35. The maximum atomic E-state index is 11.0. The number of aryl methyl sites for hydroxylation is 1. The number of nitrogens with two attached hydrogens (primary N) is 1. The second kappa shape index (κ2) is 5.34. The van der Waals surface area contributed by atoms with Gasteiger partial charge in [0.2, 0.25) is 11.7 Å². The number of rotatable bonds is 4. The van der Waals surface area contributed by atoms with E-state index in [0.29, 0.717) is 5.56 Å². The summed E-state index contributed by atoms with van der Waals surface area (Å²) < 4.78 is 10.1. The van der Waals surface area contributed by atoms with Crippen LogP contribution in [0.25, 0.3) is 0 Å². The minimum Gasteiger partial charge on any atom is -0.467 e. The second-order valence-corrected chi connectivity index (χ2v) is 3.74. The zero-order chi connectivity index (χ0) is 14.7. The van der Waals surface area contributed by atoms with E-state index < -0.39 is 4.92 Å². The number of benzene rings is 1. The highest BCUT2D eigenvalue weighted by Crippen LogP contribution is 2.32. The van der Waals surface area contributed by atoms with Gasteiger partial charge in [-0.15, -0.1) is 4.98 Å². The fourth-order valence-electron chi connectivity index (χ4n) is 1.54. The van der Waals surface area contributed by atoms with Crippen molar-refractivity contribution >= 4 is 11.6 Å². The predicted molar refractivity (Wildman–Crippen MR) is 68.7 cm³/mol. The van der Waals surface area contributed by atoms with Crippen LogP contribution in [-0.2, 0) is 0 Å². The Kier molecular flexibility index (Phi) is 3.60. The molecule has 20 heavy (non-hydrogen) atoms. The lowest BCUT2D eigenvalue weighted by Gasteiger charge is -2.07. The summed E-state index contributed by atoms with van der Waals surface area (Å²) in [6, 6.07) is 4.45. The molecule has 0 atom stereocenters. The summed E-state index contributed by atoms with van der Waals surface area (Å²) >= 11 is 0. The van der Waals surface area contributed by atoms with E-state index in [1.807, 2.05) is 0 Å². The molecule has 0 bridgehead atoms. The molecular weight excluding hydrogens is 266 g/mol. The monoisotopic (exact) mass is 277 g/mol. The van der Waals surface area contributed by atoms with Gasteiger partial charge in [0.25, 0.3) is 0 Å². The van der Waals surface area contributed by atoms with Gasteiger partial charge in [-0.05, 0) is 13.0 Å². The summed E-state index contributed by atoms with van der Waals surface area (Å²) in [4.78, 5) is 21.7. The normalized spacial score (nSPS) is 10.1. The maximum absolute atomic E-state index is 11.0. The zero-order valence-corrected chi connectivity index (χ0v) is 10.7. The van der Waals surface area contributed by atoms with Crippen molar-refractivity contribution in [1.82, 2.24) is 15.0 Å². The van der Waals surface area contributed by atoms with Crippen LogP contribution >= 0.6 is 0 Å². The van der Waals surface area contributed by atoms with Crippen LogP contribution < -0.4 is 15.2 Å². The van der Waals surface area contributed by atoms with Crippen molar-refractivity contribution in [3.63, 3.8) is 0 Å². The summed E-state index contributed by atoms with van der Waals surface area (Å²) in [5.41, 5.74) is 5.76. The summed E-state index contributed by atoms with van der Waals surface area (Å²) in [5.74, 6) is -0.0928. The van der Waals surface area contributed by atoms with Crippen LogP contribution in [0.3, 0.4) is 0 Å². The van der Waals surface area contributed by atoms with Gasteiger partial charge in [0.1, 0.15) is 0 Å². The van der Waals surface area contributed by atoms with Crippen molar-refractivity contribution in [3.8, 4) is 17.8 Å². The molecular formula is C11H11N5O4. The molecule has 1 aromatic carbocycles. The molecule has 1 heterocycles. The molecule has 0 aliphatic carbocycles. The molecule has 9 heteroatoms. The molecule has 0 spiro atoms. The van der Waals surface area contributed by atoms with E-state index in [-0.39, 0.29) is 29.4 Å². The molecule has 104 valence electrons. The molecule has 0 amide bonds. The SMILES string of the molecule is COc1nc(N)nc(Oc2cccc(C)c2[N+](=O)[O-])n1. The van der Waals surface area contributed by atoms with Gasteiger partial charge < -0.3 is 15.2 Å². The van der Waals surface area contributed by atoms with Gasteiger partial charge in [-0.25, -0.2) is 0 Å². The van der Waals surface area contributed by atoms with Crippen LogP contribution in [0, 0.1) is 17.0 Å². The van der Waals surface area contributed by atoms with Crippen molar-refractivity contribution in [3.05, 3.63) is 33.9 Å². The molecule has 2 aromatic rings. The Bertz CT molecular complexity index is 661. The van der Waals surface area contributed by atoms with E-state index in [0.717, 1.165) is 0 Å². The molecule has 0 radical (unpaired) electrons. The highest BCUT2D eigenvalue weighted by Gasteiger charge is 2.20. The van der Waals surface area contributed by atoms with Crippen molar-refractivity contribution in [2.24, 2.45) is 0 Å².